The van der Waals surface area contributed by atoms with E-state index in [1.165, 1.54) is 18.5 Å². The highest BCUT2D eigenvalue weighted by Crippen LogP contribution is 2.31. The monoisotopic (exact) mass is 319 g/mol. The number of H-pyrrole nitrogens is 1. The molecule has 5 nitrogen and oxygen atoms in total. The summed E-state index contributed by atoms with van der Waals surface area (Å²) in [7, 11) is 0. The molecule has 0 amide bonds. The van der Waals surface area contributed by atoms with E-state index in [0.717, 1.165) is 22.0 Å². The molecule has 0 saturated heterocycles. The third kappa shape index (κ3) is 2.69. The van der Waals surface area contributed by atoms with Gasteiger partial charge in [0.25, 0.3) is 0 Å². The van der Waals surface area contributed by atoms with Crippen molar-refractivity contribution >= 4 is 16.7 Å². The molecule has 0 aliphatic carbocycles. The predicted octanol–water partition coefficient (Wildman–Crippen LogP) is 3.69. The van der Waals surface area contributed by atoms with Gasteiger partial charge in [0, 0.05) is 41.3 Å². The Bertz CT molecular complexity index is 953. The molecule has 3 aromatic heterocycles. The molecule has 0 bridgehead atoms. The average molecular weight is 319 g/mol. The maximum Gasteiger partial charge on any atom is 0.130 e. The third-order valence-corrected chi connectivity index (χ3v) is 3.90. The smallest absolute Gasteiger partial charge is 0.130 e. The van der Waals surface area contributed by atoms with Crippen LogP contribution in [-0.2, 0) is 0 Å². The van der Waals surface area contributed by atoms with Crippen molar-refractivity contribution in [2.45, 2.75) is 6.04 Å². The lowest BCUT2D eigenvalue weighted by atomic mass is 9.99. The number of fused-ring (bicyclic) bond motifs is 1. The molecule has 24 heavy (non-hydrogen) atoms. The lowest BCUT2D eigenvalue weighted by Gasteiger charge is -2.19. The largest absolute Gasteiger partial charge is 0.361 e. The highest BCUT2D eigenvalue weighted by atomic mass is 19.1. The lowest BCUT2D eigenvalue weighted by Crippen LogP contribution is -2.13. The Morgan fingerprint density at radius 1 is 1.00 bits per heavy atom. The number of anilines is 1. The second kappa shape index (κ2) is 6.08. The number of rotatable bonds is 4. The van der Waals surface area contributed by atoms with E-state index < -0.39 is 0 Å². The number of halogens is 1. The van der Waals surface area contributed by atoms with Gasteiger partial charge in [0.05, 0.1) is 6.04 Å². The van der Waals surface area contributed by atoms with Gasteiger partial charge in [0.1, 0.15) is 18.0 Å². The van der Waals surface area contributed by atoms with Gasteiger partial charge in [-0.2, -0.15) is 0 Å². The van der Waals surface area contributed by atoms with Crippen LogP contribution in [0.25, 0.3) is 10.9 Å². The number of aromatic amines is 1. The summed E-state index contributed by atoms with van der Waals surface area (Å²) in [6.07, 6.45) is 8.52. The van der Waals surface area contributed by atoms with Crippen LogP contribution in [0.1, 0.15) is 17.2 Å². The Hall–Kier alpha value is -3.28. The molecule has 0 fully saturated rings. The Balaban J connectivity index is 1.84. The second-order valence-electron chi connectivity index (χ2n) is 5.39. The Morgan fingerprint density at radius 2 is 1.83 bits per heavy atom. The minimum Gasteiger partial charge on any atom is -0.361 e. The van der Waals surface area contributed by atoms with E-state index in [1.807, 2.05) is 18.3 Å². The van der Waals surface area contributed by atoms with Gasteiger partial charge in [-0.25, -0.2) is 14.4 Å². The molecule has 0 radical (unpaired) electrons. The standard InChI is InChI=1S/C18H14FN5/c19-13-1-2-16-14(9-13)15(10-22-16)18(12-3-6-20-7-4-12)24-17-5-8-21-11-23-17/h1-11,18,22H,(H,21,23,24). The van der Waals surface area contributed by atoms with Gasteiger partial charge in [-0.3, -0.25) is 4.98 Å². The first-order chi connectivity index (χ1) is 11.8. The summed E-state index contributed by atoms with van der Waals surface area (Å²) in [5, 5.41) is 4.22. The molecule has 6 heteroatoms. The van der Waals surface area contributed by atoms with Crippen LogP contribution in [0.5, 0.6) is 0 Å². The number of aromatic nitrogens is 4. The highest BCUT2D eigenvalue weighted by molar-refractivity contribution is 5.84. The van der Waals surface area contributed by atoms with Gasteiger partial charge in [-0.15, -0.1) is 0 Å². The van der Waals surface area contributed by atoms with E-state index in [2.05, 4.69) is 25.3 Å². The number of nitrogens with zero attached hydrogens (tertiary/aromatic N) is 3. The third-order valence-electron chi connectivity index (χ3n) is 3.90. The van der Waals surface area contributed by atoms with Crippen molar-refractivity contribution < 1.29 is 4.39 Å². The zero-order valence-electron chi connectivity index (χ0n) is 12.6. The summed E-state index contributed by atoms with van der Waals surface area (Å²) in [6.45, 7) is 0. The van der Waals surface area contributed by atoms with Crippen molar-refractivity contribution in [3.8, 4) is 0 Å². The van der Waals surface area contributed by atoms with E-state index in [1.54, 1.807) is 30.7 Å². The molecule has 4 rings (SSSR count). The van der Waals surface area contributed by atoms with Crippen LogP contribution in [0.3, 0.4) is 0 Å². The quantitative estimate of drug-likeness (QED) is 0.602. The molecule has 2 N–H and O–H groups in total. The van der Waals surface area contributed by atoms with Gasteiger partial charge < -0.3 is 10.3 Å². The maximum absolute atomic E-state index is 13.7. The number of nitrogens with one attached hydrogen (secondary N) is 2. The van der Waals surface area contributed by atoms with Gasteiger partial charge in [0.2, 0.25) is 0 Å². The molecule has 0 aliphatic rings. The van der Waals surface area contributed by atoms with Gasteiger partial charge >= 0.3 is 0 Å². The fourth-order valence-electron chi connectivity index (χ4n) is 2.77. The van der Waals surface area contributed by atoms with E-state index in [4.69, 9.17) is 0 Å². The molecule has 1 atom stereocenters. The first-order valence-electron chi connectivity index (χ1n) is 7.50. The Kier molecular flexibility index (Phi) is 3.63. The molecule has 4 aromatic rings. The van der Waals surface area contributed by atoms with Crippen molar-refractivity contribution in [1.82, 2.24) is 19.9 Å². The lowest BCUT2D eigenvalue weighted by molar-refractivity contribution is 0.629. The zero-order valence-corrected chi connectivity index (χ0v) is 12.6. The van der Waals surface area contributed by atoms with Crippen molar-refractivity contribution in [3.63, 3.8) is 0 Å². The first-order valence-corrected chi connectivity index (χ1v) is 7.50. The van der Waals surface area contributed by atoms with Crippen molar-refractivity contribution in [3.05, 3.63) is 84.5 Å². The van der Waals surface area contributed by atoms with E-state index >= 15 is 0 Å². The highest BCUT2D eigenvalue weighted by Gasteiger charge is 2.19. The van der Waals surface area contributed by atoms with Gasteiger partial charge in [0.15, 0.2) is 0 Å². The summed E-state index contributed by atoms with van der Waals surface area (Å²) in [6, 6.07) is 10.2. The van der Waals surface area contributed by atoms with Gasteiger partial charge in [-0.1, -0.05) is 0 Å². The topological polar surface area (TPSA) is 66.5 Å². The Labute approximate surface area is 137 Å². The SMILES string of the molecule is Fc1ccc2[nH]cc(C(Nc3ccncn3)c3ccncc3)c2c1. The summed E-state index contributed by atoms with van der Waals surface area (Å²) in [4.78, 5) is 15.4. The normalized spacial score (nSPS) is 12.2. The van der Waals surface area contributed by atoms with Crippen LogP contribution in [0.2, 0.25) is 0 Å². The minimum atomic E-state index is -0.265. The molecule has 1 aromatic carbocycles. The van der Waals surface area contributed by atoms with Crippen LogP contribution in [0, 0.1) is 5.82 Å². The molecule has 0 spiro atoms. The van der Waals surface area contributed by atoms with E-state index in [-0.39, 0.29) is 11.9 Å². The fourth-order valence-corrected chi connectivity index (χ4v) is 2.77. The maximum atomic E-state index is 13.7. The summed E-state index contributed by atoms with van der Waals surface area (Å²) in [5.41, 5.74) is 2.83. The second-order valence-corrected chi connectivity index (χ2v) is 5.39. The molecular formula is C18H14FN5. The number of pyridine rings is 1. The average Bonchev–Trinajstić information content (AvgIpc) is 3.04. The van der Waals surface area contributed by atoms with Gasteiger partial charge in [-0.05, 0) is 42.0 Å². The molecular weight excluding hydrogens is 305 g/mol. The van der Waals surface area contributed by atoms with Crippen molar-refractivity contribution in [2.24, 2.45) is 0 Å². The van der Waals surface area contributed by atoms with Crippen LogP contribution >= 0.6 is 0 Å². The predicted molar refractivity (Wildman–Crippen MR) is 90.0 cm³/mol. The number of hydrogen-bond acceptors (Lipinski definition) is 4. The summed E-state index contributed by atoms with van der Waals surface area (Å²) >= 11 is 0. The number of benzene rings is 1. The van der Waals surface area contributed by atoms with Crippen LogP contribution in [0.4, 0.5) is 10.2 Å². The number of hydrogen-bond donors (Lipinski definition) is 2. The molecule has 1 unspecified atom stereocenters. The first kappa shape index (κ1) is 14.3. The zero-order chi connectivity index (χ0) is 16.4. The summed E-state index contributed by atoms with van der Waals surface area (Å²) < 4.78 is 13.7. The van der Waals surface area contributed by atoms with E-state index in [0.29, 0.717) is 5.82 Å². The van der Waals surface area contributed by atoms with Crippen LogP contribution < -0.4 is 5.32 Å². The van der Waals surface area contributed by atoms with Crippen molar-refractivity contribution in [2.75, 3.05) is 5.32 Å². The minimum absolute atomic E-state index is 0.196. The Morgan fingerprint density at radius 3 is 2.62 bits per heavy atom. The van der Waals surface area contributed by atoms with Crippen molar-refractivity contribution in [1.29, 1.82) is 0 Å². The van der Waals surface area contributed by atoms with Crippen LogP contribution in [0.15, 0.2) is 67.5 Å². The molecule has 0 aliphatic heterocycles. The van der Waals surface area contributed by atoms with Crippen LogP contribution in [-0.4, -0.2) is 19.9 Å². The fraction of sp³-hybridized carbons (Fsp3) is 0.0556. The molecule has 3 heterocycles. The summed E-state index contributed by atoms with van der Waals surface area (Å²) in [5.74, 6) is 0.427. The molecule has 118 valence electrons. The molecule has 0 saturated carbocycles. The van der Waals surface area contributed by atoms with E-state index in [9.17, 15) is 4.39 Å².